The maximum atomic E-state index is 12.5. The van der Waals surface area contributed by atoms with Gasteiger partial charge in [0.25, 0.3) is 5.91 Å². The van der Waals surface area contributed by atoms with Gasteiger partial charge in [-0.25, -0.2) is 0 Å². The minimum atomic E-state index is -0.195. The third kappa shape index (κ3) is 2.74. The van der Waals surface area contributed by atoms with Gasteiger partial charge in [-0.3, -0.25) is 4.79 Å². The summed E-state index contributed by atoms with van der Waals surface area (Å²) < 4.78 is 15.9. The average molecular weight is 342 g/mol. The van der Waals surface area contributed by atoms with Gasteiger partial charge in [-0.1, -0.05) is 17.3 Å². The van der Waals surface area contributed by atoms with Gasteiger partial charge in [0.05, 0.1) is 4.88 Å². The minimum absolute atomic E-state index is 0.195. The summed E-state index contributed by atoms with van der Waals surface area (Å²) in [7, 11) is 1.73. The molecule has 0 N–H and O–H groups in total. The van der Waals surface area contributed by atoms with Crippen molar-refractivity contribution in [2.24, 2.45) is 0 Å². The van der Waals surface area contributed by atoms with Crippen molar-refractivity contribution < 1.29 is 18.8 Å². The standard InChI is InChI=1S/C17H14N2O4S/c1-19(9-11-4-5-13-14(7-11)22-10-21-13)17(20)12-8-15(23-18-12)16-3-2-6-24-16/h2-8H,9-10H2,1H3. The van der Waals surface area contributed by atoms with Gasteiger partial charge in [0, 0.05) is 19.7 Å². The fraction of sp³-hybridized carbons (Fsp3) is 0.176. The van der Waals surface area contributed by atoms with Gasteiger partial charge in [0.1, 0.15) is 0 Å². The summed E-state index contributed by atoms with van der Waals surface area (Å²) in [6, 6.07) is 11.2. The van der Waals surface area contributed by atoms with Gasteiger partial charge in [-0.2, -0.15) is 0 Å². The summed E-state index contributed by atoms with van der Waals surface area (Å²) in [6.07, 6.45) is 0. The lowest BCUT2D eigenvalue weighted by molar-refractivity contribution is 0.0774. The van der Waals surface area contributed by atoms with Crippen LogP contribution in [-0.4, -0.2) is 29.8 Å². The molecule has 0 saturated heterocycles. The van der Waals surface area contributed by atoms with Gasteiger partial charge < -0.3 is 18.9 Å². The predicted octanol–water partition coefficient (Wildman–Crippen LogP) is 3.40. The van der Waals surface area contributed by atoms with Gasteiger partial charge >= 0.3 is 0 Å². The van der Waals surface area contributed by atoms with Crippen molar-refractivity contribution in [3.63, 3.8) is 0 Å². The van der Waals surface area contributed by atoms with Crippen LogP contribution in [0.3, 0.4) is 0 Å². The van der Waals surface area contributed by atoms with E-state index < -0.39 is 0 Å². The van der Waals surface area contributed by atoms with E-state index in [4.69, 9.17) is 14.0 Å². The van der Waals surface area contributed by atoms with Gasteiger partial charge in [0.15, 0.2) is 23.0 Å². The number of rotatable bonds is 4. The molecular formula is C17H14N2O4S. The molecule has 3 heterocycles. The number of nitrogens with zero attached hydrogens (tertiary/aromatic N) is 2. The second kappa shape index (κ2) is 6.01. The number of benzene rings is 1. The third-order valence-electron chi connectivity index (χ3n) is 3.70. The van der Waals surface area contributed by atoms with Gasteiger partial charge in [-0.15, -0.1) is 11.3 Å². The molecule has 1 aliphatic heterocycles. The number of hydrogen-bond acceptors (Lipinski definition) is 6. The Bertz CT molecular complexity index is 873. The molecule has 0 saturated carbocycles. The summed E-state index contributed by atoms with van der Waals surface area (Å²) in [5, 5.41) is 5.84. The molecule has 1 aromatic carbocycles. The lowest BCUT2D eigenvalue weighted by atomic mass is 10.2. The van der Waals surface area contributed by atoms with E-state index in [-0.39, 0.29) is 12.7 Å². The Labute approximate surface area is 142 Å². The number of carbonyl (C=O) groups is 1. The number of carbonyl (C=O) groups excluding carboxylic acids is 1. The SMILES string of the molecule is CN(Cc1ccc2c(c1)OCO2)C(=O)c1cc(-c2cccs2)on1. The van der Waals surface area contributed by atoms with Gasteiger partial charge in [0.2, 0.25) is 6.79 Å². The first kappa shape index (κ1) is 14.8. The van der Waals surface area contributed by atoms with Crippen LogP contribution in [0.1, 0.15) is 16.1 Å². The molecule has 0 fully saturated rings. The van der Waals surface area contributed by atoms with Crippen LogP contribution in [0, 0.1) is 0 Å². The first-order valence-electron chi connectivity index (χ1n) is 7.35. The van der Waals surface area contributed by atoms with Crippen LogP contribution in [-0.2, 0) is 6.54 Å². The Morgan fingerprint density at radius 1 is 1.25 bits per heavy atom. The zero-order chi connectivity index (χ0) is 16.5. The second-order valence-electron chi connectivity index (χ2n) is 5.40. The first-order valence-corrected chi connectivity index (χ1v) is 8.23. The van der Waals surface area contributed by atoms with Crippen LogP contribution in [0.4, 0.5) is 0 Å². The van der Waals surface area contributed by atoms with Crippen LogP contribution < -0.4 is 9.47 Å². The lowest BCUT2D eigenvalue weighted by Gasteiger charge is -2.15. The molecule has 0 unspecified atom stereocenters. The summed E-state index contributed by atoms with van der Waals surface area (Å²) >= 11 is 1.54. The maximum Gasteiger partial charge on any atom is 0.276 e. The molecule has 1 aliphatic rings. The van der Waals surface area contributed by atoms with Crippen LogP contribution in [0.25, 0.3) is 10.6 Å². The number of thiophene rings is 1. The summed E-state index contributed by atoms with van der Waals surface area (Å²) in [5.74, 6) is 1.84. The molecule has 0 spiro atoms. The molecule has 0 atom stereocenters. The number of aromatic nitrogens is 1. The number of hydrogen-bond donors (Lipinski definition) is 0. The average Bonchev–Trinajstić information content (AvgIpc) is 3.32. The van der Waals surface area contributed by atoms with E-state index in [0.29, 0.717) is 23.7 Å². The van der Waals surface area contributed by atoms with Crippen molar-refractivity contribution in [2.75, 3.05) is 13.8 Å². The van der Waals surface area contributed by atoms with Crippen LogP contribution in [0.5, 0.6) is 11.5 Å². The van der Waals surface area contributed by atoms with Crippen molar-refractivity contribution in [3.05, 3.63) is 53.0 Å². The molecular weight excluding hydrogens is 328 g/mol. The van der Waals surface area contributed by atoms with Crippen LogP contribution in [0.15, 0.2) is 46.3 Å². The number of amides is 1. The second-order valence-corrected chi connectivity index (χ2v) is 6.35. The Kier molecular flexibility index (Phi) is 3.70. The highest BCUT2D eigenvalue weighted by Gasteiger charge is 2.19. The zero-order valence-corrected chi connectivity index (χ0v) is 13.7. The fourth-order valence-corrected chi connectivity index (χ4v) is 3.16. The monoisotopic (exact) mass is 342 g/mol. The molecule has 122 valence electrons. The highest BCUT2D eigenvalue weighted by molar-refractivity contribution is 7.13. The fourth-order valence-electron chi connectivity index (χ4n) is 2.49. The number of ether oxygens (including phenoxy) is 2. The summed E-state index contributed by atoms with van der Waals surface area (Å²) in [4.78, 5) is 15.1. The van der Waals surface area contributed by atoms with Crippen LogP contribution in [0.2, 0.25) is 0 Å². The largest absolute Gasteiger partial charge is 0.454 e. The molecule has 1 amide bonds. The predicted molar refractivity (Wildman–Crippen MR) is 88.2 cm³/mol. The molecule has 3 aromatic rings. The Morgan fingerprint density at radius 3 is 2.96 bits per heavy atom. The molecule has 24 heavy (non-hydrogen) atoms. The first-order chi connectivity index (χ1) is 11.7. The zero-order valence-electron chi connectivity index (χ0n) is 12.9. The molecule has 0 radical (unpaired) electrons. The van der Waals surface area contributed by atoms with Crippen molar-refractivity contribution in [1.29, 1.82) is 0 Å². The van der Waals surface area contributed by atoms with E-state index in [9.17, 15) is 4.79 Å². The van der Waals surface area contributed by atoms with E-state index in [1.165, 1.54) is 11.3 Å². The minimum Gasteiger partial charge on any atom is -0.454 e. The quantitative estimate of drug-likeness (QED) is 0.727. The molecule has 0 bridgehead atoms. The lowest BCUT2D eigenvalue weighted by Crippen LogP contribution is -2.26. The Balaban J connectivity index is 1.48. The molecule has 0 aliphatic carbocycles. The van der Waals surface area contributed by atoms with E-state index in [0.717, 1.165) is 16.2 Å². The normalized spacial score (nSPS) is 12.4. The van der Waals surface area contributed by atoms with E-state index >= 15 is 0 Å². The maximum absolute atomic E-state index is 12.5. The van der Waals surface area contributed by atoms with Crippen molar-refractivity contribution in [1.82, 2.24) is 10.1 Å². The highest BCUT2D eigenvalue weighted by Crippen LogP contribution is 2.33. The topological polar surface area (TPSA) is 64.8 Å². The number of fused-ring (bicyclic) bond motifs is 1. The Morgan fingerprint density at radius 2 is 2.12 bits per heavy atom. The molecule has 7 heteroatoms. The third-order valence-corrected chi connectivity index (χ3v) is 4.58. The van der Waals surface area contributed by atoms with Crippen molar-refractivity contribution >= 4 is 17.2 Å². The van der Waals surface area contributed by atoms with Gasteiger partial charge in [-0.05, 0) is 29.1 Å². The smallest absolute Gasteiger partial charge is 0.276 e. The van der Waals surface area contributed by atoms with E-state index in [1.54, 1.807) is 18.0 Å². The molecule has 2 aromatic heterocycles. The van der Waals surface area contributed by atoms with Crippen molar-refractivity contribution in [3.8, 4) is 22.1 Å². The molecule has 6 nitrogen and oxygen atoms in total. The Hall–Kier alpha value is -2.80. The van der Waals surface area contributed by atoms with Crippen molar-refractivity contribution in [2.45, 2.75) is 6.54 Å². The highest BCUT2D eigenvalue weighted by atomic mass is 32.1. The van der Waals surface area contributed by atoms with E-state index in [1.807, 2.05) is 35.7 Å². The molecule has 4 rings (SSSR count). The summed E-state index contributed by atoms with van der Waals surface area (Å²) in [6.45, 7) is 0.675. The summed E-state index contributed by atoms with van der Waals surface area (Å²) in [5.41, 5.74) is 1.25. The van der Waals surface area contributed by atoms with Crippen LogP contribution >= 0.6 is 11.3 Å². The van der Waals surface area contributed by atoms with E-state index in [2.05, 4.69) is 5.16 Å².